The lowest BCUT2D eigenvalue weighted by Gasteiger charge is -2.10. The maximum Gasteiger partial charge on any atom is 0.489 e. The molecule has 0 bridgehead atoms. The Balaban J connectivity index is 4.63. The Hall–Kier alpha value is -0.190. The van der Waals surface area contributed by atoms with E-state index in [1.165, 1.54) is 0 Å². The molecule has 0 heterocycles. The third kappa shape index (κ3) is 3.14. The molecule has 0 saturated carbocycles. The van der Waals surface area contributed by atoms with Crippen molar-refractivity contribution in [3.63, 3.8) is 0 Å². The topological polar surface area (TPSA) is 121 Å². The van der Waals surface area contributed by atoms with Crippen LogP contribution in [0.2, 0.25) is 0 Å². The summed E-state index contributed by atoms with van der Waals surface area (Å²) in [5, 5.41) is 0. The lowest BCUT2D eigenvalue weighted by atomic mass is 10.9. The Morgan fingerprint density at radius 1 is 1.27 bits per heavy atom. The smallest absolute Gasteiger partial charge is 0.384 e. The SMILES string of the molecule is CC(=O)OP(=O)(O)P(=O)(O)O. The minimum atomic E-state index is -5.25. The molecule has 0 aromatic rings. The van der Waals surface area contributed by atoms with Gasteiger partial charge in [-0.25, -0.2) is 9.13 Å². The van der Waals surface area contributed by atoms with Gasteiger partial charge in [-0.3, -0.25) is 4.79 Å². The second-order valence-corrected chi connectivity index (χ2v) is 6.86. The Morgan fingerprint density at radius 3 is 1.73 bits per heavy atom. The fourth-order valence-electron chi connectivity index (χ4n) is 0.221. The number of rotatable bonds is 2. The second-order valence-electron chi connectivity index (χ2n) is 1.59. The number of hydrogen-bond donors (Lipinski definition) is 3. The van der Waals surface area contributed by atoms with Gasteiger partial charge in [-0.15, -0.1) is 0 Å². The molecule has 0 aromatic carbocycles. The molecule has 0 rings (SSSR count). The molecule has 0 amide bonds. The largest absolute Gasteiger partial charge is 0.489 e. The van der Waals surface area contributed by atoms with Gasteiger partial charge in [-0.05, 0) is 0 Å². The zero-order chi connectivity index (χ0) is 9.28. The molecule has 1 atom stereocenters. The van der Waals surface area contributed by atoms with Crippen LogP contribution in [0.25, 0.3) is 0 Å². The van der Waals surface area contributed by atoms with E-state index in [1.54, 1.807) is 0 Å². The molecule has 0 aliphatic heterocycles. The van der Waals surface area contributed by atoms with Crippen molar-refractivity contribution in [2.24, 2.45) is 0 Å². The van der Waals surface area contributed by atoms with E-state index in [4.69, 9.17) is 14.7 Å². The lowest BCUT2D eigenvalue weighted by molar-refractivity contribution is -0.132. The monoisotopic (exact) mass is 204 g/mol. The first-order valence-electron chi connectivity index (χ1n) is 2.26. The van der Waals surface area contributed by atoms with Crippen LogP contribution in [0.3, 0.4) is 0 Å². The summed E-state index contributed by atoms with van der Waals surface area (Å²) in [7, 11) is -10.4. The van der Waals surface area contributed by atoms with Crippen LogP contribution < -0.4 is 0 Å². The minimum absolute atomic E-state index is 0.762. The van der Waals surface area contributed by atoms with Gasteiger partial charge in [0.15, 0.2) is 0 Å². The van der Waals surface area contributed by atoms with Crippen LogP contribution in [0.15, 0.2) is 0 Å². The molecule has 0 radical (unpaired) electrons. The van der Waals surface area contributed by atoms with Gasteiger partial charge in [0.25, 0.3) is 0 Å². The molecule has 0 aliphatic carbocycles. The third-order valence-corrected chi connectivity index (χ3v) is 3.95. The van der Waals surface area contributed by atoms with E-state index < -0.39 is 20.5 Å². The van der Waals surface area contributed by atoms with E-state index in [9.17, 15) is 13.9 Å². The molecule has 11 heavy (non-hydrogen) atoms. The van der Waals surface area contributed by atoms with E-state index in [0.29, 0.717) is 0 Å². The summed E-state index contributed by atoms with van der Waals surface area (Å²) in [4.78, 5) is 34.6. The molecule has 3 N–H and O–H groups in total. The summed E-state index contributed by atoms with van der Waals surface area (Å²) >= 11 is 0. The predicted octanol–water partition coefficient (Wildman–Crippen LogP) is -0.172. The van der Waals surface area contributed by atoms with Crippen LogP contribution in [0.1, 0.15) is 6.92 Å². The minimum Gasteiger partial charge on any atom is -0.384 e. The average Bonchev–Trinajstić information content (AvgIpc) is 1.56. The van der Waals surface area contributed by atoms with Crippen molar-refractivity contribution in [3.8, 4) is 0 Å². The van der Waals surface area contributed by atoms with E-state index in [2.05, 4.69) is 4.52 Å². The molecule has 1 unspecified atom stereocenters. The van der Waals surface area contributed by atoms with Crippen molar-refractivity contribution in [1.29, 1.82) is 0 Å². The summed E-state index contributed by atoms with van der Waals surface area (Å²) in [5.74, 6) is -1.22. The van der Waals surface area contributed by atoms with Gasteiger partial charge in [-0.1, -0.05) is 0 Å². The van der Waals surface area contributed by atoms with Gasteiger partial charge >= 0.3 is 20.5 Å². The highest BCUT2D eigenvalue weighted by atomic mass is 32.1. The molecule has 0 fully saturated rings. The van der Waals surface area contributed by atoms with Crippen molar-refractivity contribution in [3.05, 3.63) is 0 Å². The summed E-state index contributed by atoms with van der Waals surface area (Å²) in [6, 6.07) is 0. The zero-order valence-electron chi connectivity index (χ0n) is 5.37. The Kier molecular flexibility index (Phi) is 2.99. The molecule has 0 aliphatic rings. The van der Waals surface area contributed by atoms with Crippen molar-refractivity contribution in [1.82, 2.24) is 0 Å². The van der Waals surface area contributed by atoms with Gasteiger partial charge in [0.1, 0.15) is 0 Å². The van der Waals surface area contributed by atoms with Gasteiger partial charge in [0, 0.05) is 6.92 Å². The fourth-order valence-corrected chi connectivity index (χ4v) is 1.33. The van der Waals surface area contributed by atoms with Crippen LogP contribution in [0, 0.1) is 0 Å². The highest BCUT2D eigenvalue weighted by Gasteiger charge is 2.44. The van der Waals surface area contributed by atoms with Crippen molar-refractivity contribution < 1.29 is 33.1 Å². The quantitative estimate of drug-likeness (QED) is 0.533. The van der Waals surface area contributed by atoms with Crippen molar-refractivity contribution in [2.45, 2.75) is 6.92 Å². The normalized spacial score (nSPS) is 17.1. The molecule has 0 saturated heterocycles. The van der Waals surface area contributed by atoms with Crippen LogP contribution in [-0.2, 0) is 18.4 Å². The molecule has 0 spiro atoms. The molecule has 66 valence electrons. The van der Waals surface area contributed by atoms with Crippen molar-refractivity contribution >= 4 is 20.5 Å². The fraction of sp³-hybridized carbons (Fsp3) is 0.500. The van der Waals surface area contributed by atoms with Crippen LogP contribution in [0.4, 0.5) is 0 Å². The molecular formula is C2H6O7P2. The summed E-state index contributed by atoms with van der Waals surface area (Å²) in [6.45, 7) is 0.762. The first kappa shape index (κ1) is 10.8. The van der Waals surface area contributed by atoms with Gasteiger partial charge < -0.3 is 19.2 Å². The van der Waals surface area contributed by atoms with Gasteiger partial charge in [-0.2, -0.15) is 0 Å². The van der Waals surface area contributed by atoms with Crippen LogP contribution in [-0.4, -0.2) is 20.6 Å². The average molecular weight is 204 g/mol. The van der Waals surface area contributed by atoms with Gasteiger partial charge in [0.2, 0.25) is 0 Å². The van der Waals surface area contributed by atoms with E-state index in [1.807, 2.05) is 0 Å². The maximum absolute atomic E-state index is 10.4. The standard InChI is InChI=1S/C2H6O7P2/c1-2(3)9-11(7,8)10(4,5)6/h1H3,(H,7,8)(H2,4,5,6). The number of carbonyl (C=O) groups excluding carboxylic acids is 1. The first-order chi connectivity index (χ1) is 4.67. The van der Waals surface area contributed by atoms with Crippen molar-refractivity contribution in [2.75, 3.05) is 0 Å². The van der Waals surface area contributed by atoms with E-state index in [0.717, 1.165) is 6.92 Å². The molecular weight excluding hydrogens is 198 g/mol. The van der Waals surface area contributed by atoms with Crippen LogP contribution in [0.5, 0.6) is 0 Å². The summed E-state index contributed by atoms with van der Waals surface area (Å²) in [6.07, 6.45) is 0. The maximum atomic E-state index is 10.4. The first-order valence-corrected chi connectivity index (χ1v) is 6.15. The molecule has 0 aromatic heterocycles. The molecule has 9 heteroatoms. The summed E-state index contributed by atoms with van der Waals surface area (Å²) < 4.78 is 24.0. The highest BCUT2D eigenvalue weighted by molar-refractivity contribution is 8.26. The second kappa shape index (κ2) is 3.05. The van der Waals surface area contributed by atoms with Crippen LogP contribution >= 0.6 is 14.6 Å². The predicted molar refractivity (Wildman–Crippen MR) is 33.6 cm³/mol. The Bertz CT molecular complexity index is 249. The summed E-state index contributed by atoms with van der Waals surface area (Å²) in [5.41, 5.74) is 0. The highest BCUT2D eigenvalue weighted by Crippen LogP contribution is 2.74. The van der Waals surface area contributed by atoms with E-state index >= 15 is 0 Å². The zero-order valence-corrected chi connectivity index (χ0v) is 7.16. The Morgan fingerprint density at radius 2 is 1.64 bits per heavy atom. The number of hydrogen-bond acceptors (Lipinski definition) is 4. The lowest BCUT2D eigenvalue weighted by Crippen LogP contribution is -1.96. The van der Waals surface area contributed by atoms with Gasteiger partial charge in [0.05, 0.1) is 0 Å². The third-order valence-electron chi connectivity index (χ3n) is 0.577. The number of carbonyl (C=O) groups is 1. The Labute approximate surface area is 61.6 Å². The molecule has 7 nitrogen and oxygen atoms in total. The van der Waals surface area contributed by atoms with E-state index in [-0.39, 0.29) is 0 Å².